The maximum absolute atomic E-state index is 12.2. The average Bonchev–Trinajstić information content (AvgIpc) is 3.08. The Morgan fingerprint density at radius 2 is 2.05 bits per heavy atom. The zero-order chi connectivity index (χ0) is 13.2. The molecule has 104 valence electrons. The minimum Gasteiger partial charge on any atom is -0.366 e. The molecule has 3 rings (SSSR count). The van der Waals surface area contributed by atoms with Crippen LogP contribution in [0.15, 0.2) is 0 Å². The van der Waals surface area contributed by atoms with E-state index in [0.29, 0.717) is 6.04 Å². The van der Waals surface area contributed by atoms with Crippen molar-refractivity contribution in [1.82, 2.24) is 25.0 Å². The molecule has 1 aromatic heterocycles. The maximum Gasteiger partial charge on any atom is 0.291 e. The van der Waals surface area contributed by atoms with E-state index in [1.165, 1.54) is 32.4 Å². The van der Waals surface area contributed by atoms with Crippen LogP contribution in [0.4, 0.5) is 5.95 Å². The molecule has 0 unspecified atom stereocenters. The molecule has 0 saturated carbocycles. The fourth-order valence-corrected chi connectivity index (χ4v) is 3.03. The maximum atomic E-state index is 12.2. The normalized spacial score (nSPS) is 24.8. The molecule has 1 amide bonds. The van der Waals surface area contributed by atoms with Crippen LogP contribution in [0.5, 0.6) is 0 Å². The number of carbonyl (C=O) groups excluding carboxylic acids is 1. The highest BCUT2D eigenvalue weighted by Gasteiger charge is 2.32. The third-order valence-corrected chi connectivity index (χ3v) is 4.06. The molecule has 2 saturated heterocycles. The van der Waals surface area contributed by atoms with E-state index in [1.54, 1.807) is 0 Å². The smallest absolute Gasteiger partial charge is 0.291 e. The predicted octanol–water partition coefficient (Wildman–Crippen LogP) is 0.0873. The lowest BCUT2D eigenvalue weighted by Crippen LogP contribution is -2.41. The number of aromatic amines is 1. The molecule has 0 bridgehead atoms. The molecule has 1 atom stereocenters. The van der Waals surface area contributed by atoms with Gasteiger partial charge in [0.25, 0.3) is 5.91 Å². The standard InChI is InChI=1S/C12H20N6O/c13-12-14-10(15-16-12)11(19)18-7-4-9(8-18)17-5-2-1-3-6-17/h9H,1-8H2,(H3,13,14,15,16)/t9-/m0/s1. The van der Waals surface area contributed by atoms with Crippen LogP contribution >= 0.6 is 0 Å². The number of nitrogens with two attached hydrogens (primary N) is 1. The van der Waals surface area contributed by atoms with Gasteiger partial charge in [0, 0.05) is 19.1 Å². The Morgan fingerprint density at radius 3 is 2.74 bits per heavy atom. The number of likely N-dealkylation sites (tertiary alicyclic amines) is 2. The summed E-state index contributed by atoms with van der Waals surface area (Å²) < 4.78 is 0. The zero-order valence-corrected chi connectivity index (χ0v) is 11.0. The first kappa shape index (κ1) is 12.4. The molecular formula is C12H20N6O. The lowest BCUT2D eigenvalue weighted by atomic mass is 10.1. The summed E-state index contributed by atoms with van der Waals surface area (Å²) in [7, 11) is 0. The number of hydrogen-bond acceptors (Lipinski definition) is 5. The van der Waals surface area contributed by atoms with Crippen LogP contribution in [-0.2, 0) is 0 Å². The summed E-state index contributed by atoms with van der Waals surface area (Å²) in [5, 5.41) is 6.29. The van der Waals surface area contributed by atoms with Crippen molar-refractivity contribution in [3.05, 3.63) is 5.82 Å². The van der Waals surface area contributed by atoms with Crippen molar-refractivity contribution < 1.29 is 4.79 Å². The molecule has 2 fully saturated rings. The monoisotopic (exact) mass is 264 g/mol. The van der Waals surface area contributed by atoms with E-state index < -0.39 is 0 Å². The second kappa shape index (κ2) is 5.16. The number of carbonyl (C=O) groups is 1. The van der Waals surface area contributed by atoms with Crippen molar-refractivity contribution >= 4 is 11.9 Å². The lowest BCUT2D eigenvalue weighted by molar-refractivity contribution is 0.0760. The van der Waals surface area contributed by atoms with E-state index >= 15 is 0 Å². The quantitative estimate of drug-likeness (QED) is 0.790. The van der Waals surface area contributed by atoms with Gasteiger partial charge in [0.1, 0.15) is 0 Å². The zero-order valence-electron chi connectivity index (χ0n) is 11.0. The molecule has 2 aliphatic heterocycles. The van der Waals surface area contributed by atoms with Gasteiger partial charge in [0.05, 0.1) is 0 Å². The Balaban J connectivity index is 1.60. The van der Waals surface area contributed by atoms with Gasteiger partial charge < -0.3 is 10.6 Å². The number of amides is 1. The minimum atomic E-state index is -0.0938. The Hall–Kier alpha value is -1.63. The number of H-pyrrole nitrogens is 1. The molecule has 0 radical (unpaired) electrons. The minimum absolute atomic E-state index is 0.0938. The molecule has 0 aliphatic carbocycles. The van der Waals surface area contributed by atoms with Gasteiger partial charge in [-0.1, -0.05) is 6.42 Å². The average molecular weight is 264 g/mol. The first-order valence-electron chi connectivity index (χ1n) is 6.95. The number of nitrogen functional groups attached to an aromatic ring is 1. The third-order valence-electron chi connectivity index (χ3n) is 4.06. The highest BCUT2D eigenvalue weighted by atomic mass is 16.2. The van der Waals surface area contributed by atoms with Crippen molar-refractivity contribution in [3.8, 4) is 0 Å². The summed E-state index contributed by atoms with van der Waals surface area (Å²) in [4.78, 5) is 20.5. The van der Waals surface area contributed by atoms with E-state index in [4.69, 9.17) is 5.73 Å². The van der Waals surface area contributed by atoms with E-state index in [9.17, 15) is 4.79 Å². The van der Waals surface area contributed by atoms with Gasteiger partial charge in [-0.3, -0.25) is 14.8 Å². The van der Waals surface area contributed by atoms with Gasteiger partial charge >= 0.3 is 0 Å². The van der Waals surface area contributed by atoms with Crippen molar-refractivity contribution in [1.29, 1.82) is 0 Å². The molecule has 7 nitrogen and oxygen atoms in total. The number of piperidine rings is 1. The van der Waals surface area contributed by atoms with E-state index in [0.717, 1.165) is 19.5 Å². The van der Waals surface area contributed by atoms with Gasteiger partial charge in [-0.05, 0) is 32.4 Å². The number of nitrogens with one attached hydrogen (secondary N) is 1. The van der Waals surface area contributed by atoms with Crippen LogP contribution in [0.25, 0.3) is 0 Å². The van der Waals surface area contributed by atoms with Crippen LogP contribution in [0.1, 0.15) is 36.3 Å². The largest absolute Gasteiger partial charge is 0.366 e. The van der Waals surface area contributed by atoms with Crippen molar-refractivity contribution in [2.75, 3.05) is 31.9 Å². The number of anilines is 1. The molecule has 2 aliphatic rings. The number of nitrogens with zero attached hydrogens (tertiary/aromatic N) is 4. The van der Waals surface area contributed by atoms with E-state index in [1.807, 2.05) is 4.90 Å². The predicted molar refractivity (Wildman–Crippen MR) is 70.5 cm³/mol. The molecule has 1 aromatic rings. The first-order chi connectivity index (χ1) is 9.24. The SMILES string of the molecule is Nc1n[nH]c(C(=O)N2CC[C@H](N3CCCCC3)C2)n1. The number of rotatable bonds is 2. The van der Waals surface area contributed by atoms with Gasteiger partial charge in [-0.15, -0.1) is 5.10 Å². The molecule has 19 heavy (non-hydrogen) atoms. The molecule has 0 aromatic carbocycles. The highest BCUT2D eigenvalue weighted by Crippen LogP contribution is 2.21. The number of aromatic nitrogens is 3. The van der Waals surface area contributed by atoms with Crippen LogP contribution < -0.4 is 5.73 Å². The summed E-state index contributed by atoms with van der Waals surface area (Å²) in [5.41, 5.74) is 5.43. The van der Waals surface area contributed by atoms with Gasteiger partial charge in [0.15, 0.2) is 0 Å². The highest BCUT2D eigenvalue weighted by molar-refractivity contribution is 5.90. The summed E-state index contributed by atoms with van der Waals surface area (Å²) >= 11 is 0. The van der Waals surface area contributed by atoms with Crippen molar-refractivity contribution in [2.45, 2.75) is 31.7 Å². The summed E-state index contributed by atoms with van der Waals surface area (Å²) in [6, 6.07) is 0.504. The molecule has 3 N–H and O–H groups in total. The van der Waals surface area contributed by atoms with Crippen molar-refractivity contribution in [3.63, 3.8) is 0 Å². The Labute approximate surface area is 112 Å². The van der Waals surface area contributed by atoms with Crippen molar-refractivity contribution in [2.24, 2.45) is 0 Å². The Bertz CT molecular complexity index is 453. The fraction of sp³-hybridized carbons (Fsp3) is 0.750. The Morgan fingerprint density at radius 1 is 1.26 bits per heavy atom. The lowest BCUT2D eigenvalue weighted by Gasteiger charge is -2.32. The molecule has 3 heterocycles. The van der Waals surface area contributed by atoms with Crippen LogP contribution in [0, 0.1) is 0 Å². The second-order valence-electron chi connectivity index (χ2n) is 5.33. The first-order valence-corrected chi connectivity index (χ1v) is 6.95. The second-order valence-corrected chi connectivity index (χ2v) is 5.33. The topological polar surface area (TPSA) is 91.1 Å². The van der Waals surface area contributed by atoms with E-state index in [-0.39, 0.29) is 17.7 Å². The van der Waals surface area contributed by atoms with Gasteiger partial charge in [0.2, 0.25) is 11.8 Å². The van der Waals surface area contributed by atoms with E-state index in [2.05, 4.69) is 20.1 Å². The van der Waals surface area contributed by atoms with Gasteiger partial charge in [-0.2, -0.15) is 4.98 Å². The summed E-state index contributed by atoms with van der Waals surface area (Å²) in [6.07, 6.45) is 4.95. The third kappa shape index (κ3) is 2.56. The Kier molecular flexibility index (Phi) is 3.37. The fourth-order valence-electron chi connectivity index (χ4n) is 3.03. The van der Waals surface area contributed by atoms with Crippen LogP contribution in [-0.4, -0.2) is 63.1 Å². The van der Waals surface area contributed by atoms with Crippen LogP contribution in [0.2, 0.25) is 0 Å². The molecule has 0 spiro atoms. The summed E-state index contributed by atoms with van der Waals surface area (Å²) in [6.45, 7) is 3.92. The van der Waals surface area contributed by atoms with Gasteiger partial charge in [-0.25, -0.2) is 0 Å². The number of hydrogen-bond donors (Lipinski definition) is 2. The summed E-state index contributed by atoms with van der Waals surface area (Å²) in [5.74, 6) is 0.274. The molecule has 7 heteroatoms. The van der Waals surface area contributed by atoms with Crippen LogP contribution in [0.3, 0.4) is 0 Å². The molecular weight excluding hydrogens is 244 g/mol.